The van der Waals surface area contributed by atoms with Gasteiger partial charge in [0, 0.05) is 21.8 Å². The number of hydrogen-bond acceptors (Lipinski definition) is 2. The van der Waals surface area contributed by atoms with E-state index in [9.17, 15) is 10.2 Å². The molecule has 4 heteroatoms. The highest BCUT2D eigenvalue weighted by Crippen LogP contribution is 2.52. The van der Waals surface area contributed by atoms with Crippen molar-refractivity contribution in [1.82, 2.24) is 0 Å². The standard InChI is InChI=1S/C10H8Br2O2/c11-9-3-1-5(13)7(3)10(12)4-2-6(14)8(4)9/h5-6,13-14H,1-2H2/t5-,6-/m1/s1. The molecular weight excluding hydrogens is 312 g/mol. The third-order valence-corrected chi connectivity index (χ3v) is 4.93. The van der Waals surface area contributed by atoms with E-state index in [-0.39, 0.29) is 12.2 Å². The normalized spacial score (nSPS) is 27.4. The van der Waals surface area contributed by atoms with Gasteiger partial charge in [-0.1, -0.05) is 31.9 Å². The lowest BCUT2D eigenvalue weighted by molar-refractivity contribution is 0.139. The van der Waals surface area contributed by atoms with E-state index in [1.165, 1.54) is 0 Å². The molecule has 0 heterocycles. The second-order valence-electron chi connectivity index (χ2n) is 3.85. The van der Waals surface area contributed by atoms with Crippen molar-refractivity contribution in [2.24, 2.45) is 0 Å². The van der Waals surface area contributed by atoms with Crippen molar-refractivity contribution >= 4 is 31.9 Å². The SMILES string of the molecule is O[C@@H]1Cc2c(Br)c3c(c(Br)c21)C[C@H]3O. The van der Waals surface area contributed by atoms with Gasteiger partial charge in [-0.2, -0.15) is 0 Å². The zero-order valence-corrected chi connectivity index (χ0v) is 10.4. The highest BCUT2D eigenvalue weighted by atomic mass is 79.9. The Morgan fingerprint density at radius 2 is 1.21 bits per heavy atom. The molecule has 1 aromatic carbocycles. The van der Waals surface area contributed by atoms with Crippen LogP contribution in [0, 0.1) is 0 Å². The van der Waals surface area contributed by atoms with Crippen LogP contribution in [0.3, 0.4) is 0 Å². The summed E-state index contributed by atoms with van der Waals surface area (Å²) in [6, 6.07) is 0. The Bertz CT molecular complexity index is 384. The van der Waals surface area contributed by atoms with Crippen molar-refractivity contribution < 1.29 is 10.2 Å². The Hall–Kier alpha value is 0.1000. The number of hydrogen-bond donors (Lipinski definition) is 2. The maximum atomic E-state index is 9.60. The molecule has 3 rings (SSSR count). The van der Waals surface area contributed by atoms with Crippen molar-refractivity contribution in [2.75, 3.05) is 0 Å². The van der Waals surface area contributed by atoms with E-state index in [1.54, 1.807) is 0 Å². The average Bonchev–Trinajstić information content (AvgIpc) is 2.07. The smallest absolute Gasteiger partial charge is 0.0844 e. The van der Waals surface area contributed by atoms with Crippen molar-refractivity contribution in [2.45, 2.75) is 25.0 Å². The third kappa shape index (κ3) is 0.927. The topological polar surface area (TPSA) is 40.5 Å². The first kappa shape index (κ1) is 9.33. The van der Waals surface area contributed by atoms with Gasteiger partial charge in [-0.05, 0) is 22.3 Å². The van der Waals surface area contributed by atoms with Gasteiger partial charge in [-0.3, -0.25) is 0 Å². The summed E-state index contributed by atoms with van der Waals surface area (Å²) in [6.07, 6.45) is 0.709. The summed E-state index contributed by atoms with van der Waals surface area (Å²) in [6.45, 7) is 0. The molecule has 2 nitrogen and oxygen atoms in total. The first-order chi connectivity index (χ1) is 6.61. The van der Waals surface area contributed by atoms with E-state index in [0.717, 1.165) is 31.2 Å². The summed E-state index contributed by atoms with van der Waals surface area (Å²) in [5.74, 6) is 0. The Morgan fingerprint density at radius 3 is 1.50 bits per heavy atom. The summed E-state index contributed by atoms with van der Waals surface area (Å²) in [7, 11) is 0. The van der Waals surface area contributed by atoms with Gasteiger partial charge >= 0.3 is 0 Å². The average molecular weight is 320 g/mol. The minimum atomic E-state index is -0.335. The molecule has 2 aliphatic rings. The Morgan fingerprint density at radius 1 is 0.857 bits per heavy atom. The lowest BCUT2D eigenvalue weighted by atomic mass is 9.75. The lowest BCUT2D eigenvalue weighted by Crippen LogP contribution is -2.27. The summed E-state index contributed by atoms with van der Waals surface area (Å²) in [4.78, 5) is 0. The van der Waals surface area contributed by atoms with Crippen LogP contribution in [0.25, 0.3) is 0 Å². The van der Waals surface area contributed by atoms with E-state index in [1.807, 2.05) is 0 Å². The van der Waals surface area contributed by atoms with Gasteiger partial charge in [0.05, 0.1) is 12.2 Å². The van der Waals surface area contributed by atoms with E-state index in [2.05, 4.69) is 31.9 Å². The summed E-state index contributed by atoms with van der Waals surface area (Å²) < 4.78 is 1.99. The number of aliphatic hydroxyl groups is 2. The summed E-state index contributed by atoms with van der Waals surface area (Å²) in [5.41, 5.74) is 4.29. The first-order valence-electron chi connectivity index (χ1n) is 4.50. The number of fused-ring (bicyclic) bond motifs is 2. The maximum absolute atomic E-state index is 9.60. The molecule has 0 fully saturated rings. The molecule has 2 N–H and O–H groups in total. The highest BCUT2D eigenvalue weighted by Gasteiger charge is 2.38. The van der Waals surface area contributed by atoms with Gasteiger partial charge in [0.15, 0.2) is 0 Å². The summed E-state index contributed by atoms with van der Waals surface area (Å²) >= 11 is 6.99. The fourth-order valence-corrected chi connectivity index (χ4v) is 4.01. The van der Waals surface area contributed by atoms with Crippen LogP contribution < -0.4 is 0 Å². The molecule has 0 spiro atoms. The molecule has 0 bridgehead atoms. The number of rotatable bonds is 0. The molecule has 0 saturated heterocycles. The van der Waals surface area contributed by atoms with Crippen LogP contribution in [0.1, 0.15) is 34.5 Å². The zero-order valence-electron chi connectivity index (χ0n) is 7.22. The molecule has 0 aromatic heterocycles. The number of aliphatic hydroxyl groups excluding tert-OH is 2. The second-order valence-corrected chi connectivity index (χ2v) is 5.44. The van der Waals surface area contributed by atoms with E-state index in [0.29, 0.717) is 12.8 Å². The van der Waals surface area contributed by atoms with Gasteiger partial charge in [-0.15, -0.1) is 0 Å². The quantitative estimate of drug-likeness (QED) is 0.771. The van der Waals surface area contributed by atoms with E-state index < -0.39 is 0 Å². The van der Waals surface area contributed by atoms with E-state index >= 15 is 0 Å². The molecule has 0 amide bonds. The number of benzene rings is 1. The van der Waals surface area contributed by atoms with Crippen LogP contribution in [0.5, 0.6) is 0 Å². The fraction of sp³-hybridized carbons (Fsp3) is 0.400. The van der Waals surface area contributed by atoms with Gasteiger partial charge in [0.25, 0.3) is 0 Å². The molecule has 0 radical (unpaired) electrons. The van der Waals surface area contributed by atoms with Gasteiger partial charge in [0.2, 0.25) is 0 Å². The van der Waals surface area contributed by atoms with Crippen LogP contribution >= 0.6 is 31.9 Å². The Balaban J connectivity index is 2.30. The Labute approximate surface area is 98.2 Å². The predicted octanol–water partition coefficient (Wildman–Crippen LogP) is 2.39. The molecule has 74 valence electrons. The first-order valence-corrected chi connectivity index (χ1v) is 6.08. The molecule has 2 atom stereocenters. The van der Waals surface area contributed by atoms with Crippen molar-refractivity contribution in [3.05, 3.63) is 31.2 Å². The molecule has 0 saturated carbocycles. The molecule has 0 aliphatic heterocycles. The van der Waals surface area contributed by atoms with E-state index in [4.69, 9.17) is 0 Å². The molecular formula is C10H8Br2O2. The van der Waals surface area contributed by atoms with Crippen LogP contribution in [0.15, 0.2) is 8.95 Å². The van der Waals surface area contributed by atoms with Crippen molar-refractivity contribution in [3.8, 4) is 0 Å². The molecule has 2 aliphatic carbocycles. The van der Waals surface area contributed by atoms with Crippen LogP contribution in [-0.2, 0) is 12.8 Å². The van der Waals surface area contributed by atoms with Gasteiger partial charge < -0.3 is 10.2 Å². The van der Waals surface area contributed by atoms with Crippen molar-refractivity contribution in [1.29, 1.82) is 0 Å². The maximum Gasteiger partial charge on any atom is 0.0844 e. The largest absolute Gasteiger partial charge is 0.388 e. The van der Waals surface area contributed by atoms with Crippen LogP contribution in [-0.4, -0.2) is 10.2 Å². The lowest BCUT2D eigenvalue weighted by Gasteiger charge is -2.37. The summed E-state index contributed by atoms with van der Waals surface area (Å²) in [5, 5.41) is 19.2. The molecule has 14 heavy (non-hydrogen) atoms. The minimum absolute atomic E-state index is 0.335. The highest BCUT2D eigenvalue weighted by molar-refractivity contribution is 9.11. The predicted molar refractivity (Wildman–Crippen MR) is 59.2 cm³/mol. The van der Waals surface area contributed by atoms with Crippen molar-refractivity contribution in [3.63, 3.8) is 0 Å². The number of halogens is 2. The minimum Gasteiger partial charge on any atom is -0.388 e. The third-order valence-electron chi connectivity index (χ3n) is 3.11. The monoisotopic (exact) mass is 318 g/mol. The van der Waals surface area contributed by atoms with Gasteiger partial charge in [-0.25, -0.2) is 0 Å². The van der Waals surface area contributed by atoms with Crippen LogP contribution in [0.4, 0.5) is 0 Å². The van der Waals surface area contributed by atoms with Crippen LogP contribution in [0.2, 0.25) is 0 Å². The molecule has 1 aromatic rings. The second kappa shape index (κ2) is 2.82. The Kier molecular flexibility index (Phi) is 1.88. The fourth-order valence-electron chi connectivity index (χ4n) is 2.25. The molecule has 0 unspecified atom stereocenters. The van der Waals surface area contributed by atoms with Gasteiger partial charge in [0.1, 0.15) is 0 Å². The zero-order chi connectivity index (χ0) is 10.0.